The highest BCUT2D eigenvalue weighted by Crippen LogP contribution is 2.24. The van der Waals surface area contributed by atoms with Crippen molar-refractivity contribution in [3.8, 4) is 0 Å². The number of anilines is 3. The molecule has 2 aromatic rings. The molecule has 0 fully saturated rings. The summed E-state index contributed by atoms with van der Waals surface area (Å²) in [4.78, 5) is 11.1. The molecular weight excluding hydrogens is 343 g/mol. The molecule has 0 unspecified atom stereocenters. The van der Waals surface area contributed by atoms with Crippen molar-refractivity contribution in [2.24, 2.45) is 0 Å². The van der Waals surface area contributed by atoms with Crippen LogP contribution in [0.3, 0.4) is 0 Å². The Labute approximate surface area is 118 Å². The molecule has 0 atom stereocenters. The fourth-order valence-electron chi connectivity index (χ4n) is 1.57. The molecular formula is C13H11IN2O2. The van der Waals surface area contributed by atoms with Crippen molar-refractivity contribution < 1.29 is 9.90 Å². The number of hydrogen-bond acceptors (Lipinski definition) is 3. The Kier molecular flexibility index (Phi) is 3.71. The molecule has 5 heteroatoms. The largest absolute Gasteiger partial charge is 0.478 e. The summed E-state index contributed by atoms with van der Waals surface area (Å²) in [6, 6.07) is 12.3. The van der Waals surface area contributed by atoms with E-state index in [1.807, 2.05) is 24.3 Å². The van der Waals surface area contributed by atoms with Gasteiger partial charge in [0.1, 0.15) is 0 Å². The van der Waals surface area contributed by atoms with E-state index in [1.165, 1.54) is 6.07 Å². The van der Waals surface area contributed by atoms with E-state index < -0.39 is 5.97 Å². The number of halogens is 1. The fourth-order valence-corrected chi connectivity index (χ4v) is 2.12. The molecule has 0 heterocycles. The Bertz CT molecular complexity index is 599. The summed E-state index contributed by atoms with van der Waals surface area (Å²) in [6.45, 7) is 0. The SMILES string of the molecule is Nc1ccc(C(=O)O)c(Nc2cccc(I)c2)c1. The maximum atomic E-state index is 11.1. The zero-order valence-electron chi connectivity index (χ0n) is 9.35. The van der Waals surface area contributed by atoms with Crippen molar-refractivity contribution in [3.05, 3.63) is 51.6 Å². The van der Waals surface area contributed by atoms with Crippen LogP contribution in [0.25, 0.3) is 0 Å². The standard InChI is InChI=1S/C13H11IN2O2/c14-8-2-1-3-10(6-8)16-12-7-9(15)4-5-11(12)13(17)18/h1-7,16H,15H2,(H,17,18). The van der Waals surface area contributed by atoms with E-state index >= 15 is 0 Å². The summed E-state index contributed by atoms with van der Waals surface area (Å²) < 4.78 is 1.07. The number of carboxylic acid groups (broad SMARTS) is 1. The van der Waals surface area contributed by atoms with Gasteiger partial charge in [0.2, 0.25) is 0 Å². The number of rotatable bonds is 3. The quantitative estimate of drug-likeness (QED) is 0.584. The van der Waals surface area contributed by atoms with Gasteiger partial charge < -0.3 is 16.2 Å². The van der Waals surface area contributed by atoms with Crippen molar-refractivity contribution in [2.45, 2.75) is 0 Å². The average Bonchev–Trinajstić information content (AvgIpc) is 2.28. The molecule has 2 rings (SSSR count). The topological polar surface area (TPSA) is 75.4 Å². The first-order valence-electron chi connectivity index (χ1n) is 5.21. The Morgan fingerprint density at radius 1 is 1.22 bits per heavy atom. The van der Waals surface area contributed by atoms with Gasteiger partial charge in [0.15, 0.2) is 0 Å². The number of nitrogens with one attached hydrogen (secondary N) is 1. The summed E-state index contributed by atoms with van der Waals surface area (Å²) in [5.41, 5.74) is 7.71. The van der Waals surface area contributed by atoms with E-state index in [0.29, 0.717) is 11.4 Å². The molecule has 0 saturated carbocycles. The first kappa shape index (κ1) is 12.7. The Hall–Kier alpha value is -1.76. The first-order chi connectivity index (χ1) is 8.56. The van der Waals surface area contributed by atoms with Crippen LogP contribution in [-0.4, -0.2) is 11.1 Å². The van der Waals surface area contributed by atoms with Gasteiger partial charge in [-0.3, -0.25) is 0 Å². The van der Waals surface area contributed by atoms with Crippen molar-refractivity contribution in [3.63, 3.8) is 0 Å². The fraction of sp³-hybridized carbons (Fsp3) is 0. The normalized spacial score (nSPS) is 10.1. The number of hydrogen-bond donors (Lipinski definition) is 3. The molecule has 0 amide bonds. The molecule has 0 spiro atoms. The van der Waals surface area contributed by atoms with Crippen molar-refractivity contribution in [1.82, 2.24) is 0 Å². The lowest BCUT2D eigenvalue weighted by atomic mass is 10.1. The highest BCUT2D eigenvalue weighted by Gasteiger charge is 2.10. The van der Waals surface area contributed by atoms with Crippen molar-refractivity contribution in [1.29, 1.82) is 0 Å². The first-order valence-corrected chi connectivity index (χ1v) is 6.29. The van der Waals surface area contributed by atoms with Gasteiger partial charge in [-0.25, -0.2) is 4.79 Å². The predicted molar refractivity (Wildman–Crippen MR) is 80.3 cm³/mol. The van der Waals surface area contributed by atoms with Crippen molar-refractivity contribution in [2.75, 3.05) is 11.1 Å². The van der Waals surface area contributed by atoms with E-state index in [0.717, 1.165) is 9.26 Å². The molecule has 4 N–H and O–H groups in total. The van der Waals surface area contributed by atoms with Crippen LogP contribution in [0.1, 0.15) is 10.4 Å². The van der Waals surface area contributed by atoms with Crippen LogP contribution in [0.2, 0.25) is 0 Å². The number of aromatic carboxylic acids is 1. The van der Waals surface area contributed by atoms with Gasteiger partial charge in [0.05, 0.1) is 11.3 Å². The van der Waals surface area contributed by atoms with Gasteiger partial charge in [0.25, 0.3) is 0 Å². The average molecular weight is 354 g/mol. The van der Waals surface area contributed by atoms with Crippen molar-refractivity contribution >= 4 is 45.6 Å². The highest BCUT2D eigenvalue weighted by molar-refractivity contribution is 14.1. The number of nitrogen functional groups attached to an aromatic ring is 1. The second kappa shape index (κ2) is 5.26. The number of carboxylic acids is 1. The molecule has 0 aliphatic carbocycles. The molecule has 4 nitrogen and oxygen atoms in total. The molecule has 92 valence electrons. The lowest BCUT2D eigenvalue weighted by Crippen LogP contribution is -2.03. The molecule has 18 heavy (non-hydrogen) atoms. The van der Waals surface area contributed by atoms with Gasteiger partial charge in [-0.1, -0.05) is 6.07 Å². The highest BCUT2D eigenvalue weighted by atomic mass is 127. The molecule has 0 aromatic heterocycles. The summed E-state index contributed by atoms with van der Waals surface area (Å²) in [5, 5.41) is 12.2. The second-order valence-electron chi connectivity index (χ2n) is 3.75. The second-order valence-corrected chi connectivity index (χ2v) is 4.99. The number of nitrogens with two attached hydrogens (primary N) is 1. The van der Waals surface area contributed by atoms with Gasteiger partial charge in [-0.15, -0.1) is 0 Å². The van der Waals surface area contributed by atoms with Crippen LogP contribution < -0.4 is 11.1 Å². The van der Waals surface area contributed by atoms with Crippen LogP contribution in [0.4, 0.5) is 17.1 Å². The molecule has 0 aliphatic heterocycles. The maximum absolute atomic E-state index is 11.1. The Morgan fingerprint density at radius 3 is 2.67 bits per heavy atom. The van der Waals surface area contributed by atoms with Gasteiger partial charge in [-0.2, -0.15) is 0 Å². The minimum atomic E-state index is -0.983. The Morgan fingerprint density at radius 2 is 2.00 bits per heavy atom. The van der Waals surface area contributed by atoms with Crippen LogP contribution in [0.15, 0.2) is 42.5 Å². The lowest BCUT2D eigenvalue weighted by molar-refractivity contribution is 0.0698. The number of carbonyl (C=O) groups is 1. The van der Waals surface area contributed by atoms with E-state index in [-0.39, 0.29) is 5.56 Å². The molecule has 0 bridgehead atoms. The minimum absolute atomic E-state index is 0.197. The zero-order chi connectivity index (χ0) is 13.1. The molecule has 0 aliphatic rings. The molecule has 0 saturated heterocycles. The third-order valence-electron chi connectivity index (χ3n) is 2.38. The van der Waals surface area contributed by atoms with E-state index in [2.05, 4.69) is 27.9 Å². The van der Waals surface area contributed by atoms with Gasteiger partial charge >= 0.3 is 5.97 Å². The van der Waals surface area contributed by atoms with Crippen LogP contribution in [-0.2, 0) is 0 Å². The summed E-state index contributed by atoms with van der Waals surface area (Å²) in [5.74, 6) is -0.983. The van der Waals surface area contributed by atoms with E-state index in [9.17, 15) is 4.79 Å². The van der Waals surface area contributed by atoms with Crippen LogP contribution in [0.5, 0.6) is 0 Å². The minimum Gasteiger partial charge on any atom is -0.478 e. The summed E-state index contributed by atoms with van der Waals surface area (Å²) in [7, 11) is 0. The van der Waals surface area contributed by atoms with Gasteiger partial charge in [-0.05, 0) is 59.0 Å². The summed E-state index contributed by atoms with van der Waals surface area (Å²) in [6.07, 6.45) is 0. The monoisotopic (exact) mass is 354 g/mol. The van der Waals surface area contributed by atoms with E-state index in [1.54, 1.807) is 12.1 Å². The van der Waals surface area contributed by atoms with Crippen LogP contribution in [0, 0.1) is 3.57 Å². The third-order valence-corrected chi connectivity index (χ3v) is 3.05. The predicted octanol–water partition coefficient (Wildman–Crippen LogP) is 3.32. The van der Waals surface area contributed by atoms with E-state index in [4.69, 9.17) is 10.8 Å². The lowest BCUT2D eigenvalue weighted by Gasteiger charge is -2.10. The maximum Gasteiger partial charge on any atom is 0.337 e. The molecule has 0 radical (unpaired) electrons. The Balaban J connectivity index is 2.39. The smallest absolute Gasteiger partial charge is 0.337 e. The summed E-state index contributed by atoms with van der Waals surface area (Å²) >= 11 is 2.20. The van der Waals surface area contributed by atoms with Crippen LogP contribution >= 0.6 is 22.6 Å². The zero-order valence-corrected chi connectivity index (χ0v) is 11.5. The molecule has 2 aromatic carbocycles. The third kappa shape index (κ3) is 2.92. The van der Waals surface area contributed by atoms with Gasteiger partial charge in [0, 0.05) is 14.9 Å². The number of benzene rings is 2.